The number of carbonyl (C=O) groups is 2. The molecule has 2 unspecified atom stereocenters. The van der Waals surface area contributed by atoms with E-state index in [1.54, 1.807) is 12.0 Å². The zero-order chi connectivity index (χ0) is 18.0. The van der Waals surface area contributed by atoms with Gasteiger partial charge < -0.3 is 19.5 Å². The van der Waals surface area contributed by atoms with Crippen molar-refractivity contribution < 1.29 is 24.2 Å². The van der Waals surface area contributed by atoms with E-state index >= 15 is 0 Å². The minimum Gasteiger partial charge on any atom is -0.465 e. The van der Waals surface area contributed by atoms with Crippen molar-refractivity contribution in [2.45, 2.75) is 70.1 Å². The van der Waals surface area contributed by atoms with Crippen LogP contribution in [0.3, 0.4) is 0 Å². The van der Waals surface area contributed by atoms with Crippen molar-refractivity contribution in [3.8, 4) is 0 Å². The van der Waals surface area contributed by atoms with E-state index in [-0.39, 0.29) is 12.1 Å². The van der Waals surface area contributed by atoms with E-state index in [0.717, 1.165) is 25.7 Å². The highest BCUT2D eigenvalue weighted by molar-refractivity contribution is 5.70. The third-order valence-electron chi connectivity index (χ3n) is 4.91. The van der Waals surface area contributed by atoms with Gasteiger partial charge in [0.15, 0.2) is 0 Å². The molecule has 0 aromatic heterocycles. The Morgan fingerprint density at radius 3 is 2.50 bits per heavy atom. The fraction of sp³-hybridized carbons (Fsp3) is 0.882. The number of piperidine rings is 1. The lowest BCUT2D eigenvalue weighted by molar-refractivity contribution is -0.0563. The first-order valence-electron chi connectivity index (χ1n) is 8.70. The first kappa shape index (κ1) is 18.8. The van der Waals surface area contributed by atoms with Gasteiger partial charge in [-0.1, -0.05) is 0 Å². The molecule has 0 aliphatic carbocycles. The Kier molecular flexibility index (Phi) is 5.63. The molecule has 2 fully saturated rings. The van der Waals surface area contributed by atoms with Crippen LogP contribution >= 0.6 is 0 Å². The number of methoxy groups -OCH3 is 1. The van der Waals surface area contributed by atoms with Gasteiger partial charge in [-0.2, -0.15) is 0 Å². The van der Waals surface area contributed by atoms with E-state index < -0.39 is 17.2 Å². The van der Waals surface area contributed by atoms with Gasteiger partial charge in [0.25, 0.3) is 0 Å². The molecule has 1 N–H and O–H groups in total. The second-order valence-electron chi connectivity index (χ2n) is 7.76. The van der Waals surface area contributed by atoms with Gasteiger partial charge >= 0.3 is 12.2 Å². The molecule has 0 radical (unpaired) electrons. The summed E-state index contributed by atoms with van der Waals surface area (Å²) in [5, 5.41) is 9.71. The van der Waals surface area contributed by atoms with E-state index in [0.29, 0.717) is 26.1 Å². The van der Waals surface area contributed by atoms with Crippen LogP contribution in [-0.4, -0.2) is 71.1 Å². The summed E-state index contributed by atoms with van der Waals surface area (Å²) in [6, 6.07) is -0.205. The van der Waals surface area contributed by atoms with Gasteiger partial charge in [-0.15, -0.1) is 0 Å². The standard InChI is InChI=1S/C17H30N2O5/c1-16(2,3)24-15(22)18-10-7-8-13(18)17(12-23-4)9-5-6-11-19(17)14(20)21/h13H,5-12H2,1-4H3,(H,20,21). The van der Waals surface area contributed by atoms with Crippen molar-refractivity contribution in [2.24, 2.45) is 0 Å². The van der Waals surface area contributed by atoms with Crippen molar-refractivity contribution in [1.82, 2.24) is 9.80 Å². The maximum Gasteiger partial charge on any atom is 0.410 e. The Morgan fingerprint density at radius 1 is 1.21 bits per heavy atom. The molecule has 2 rings (SSSR count). The van der Waals surface area contributed by atoms with Gasteiger partial charge in [0.05, 0.1) is 18.2 Å². The SMILES string of the molecule is COCC1(C2CCCN2C(=O)OC(C)(C)C)CCCCN1C(=O)O. The summed E-state index contributed by atoms with van der Waals surface area (Å²) in [5.41, 5.74) is -1.26. The molecule has 24 heavy (non-hydrogen) atoms. The monoisotopic (exact) mass is 342 g/mol. The quantitative estimate of drug-likeness (QED) is 0.853. The van der Waals surface area contributed by atoms with Gasteiger partial charge in [0.2, 0.25) is 0 Å². The van der Waals surface area contributed by atoms with Crippen LogP contribution in [0, 0.1) is 0 Å². The van der Waals surface area contributed by atoms with Crippen molar-refractivity contribution in [3.63, 3.8) is 0 Å². The molecule has 0 bridgehead atoms. The molecule has 2 aliphatic rings. The number of nitrogens with zero attached hydrogens (tertiary/aromatic N) is 2. The molecular formula is C17H30N2O5. The second-order valence-corrected chi connectivity index (χ2v) is 7.76. The summed E-state index contributed by atoms with van der Waals surface area (Å²) in [5.74, 6) is 0. The fourth-order valence-electron chi connectivity index (χ4n) is 4.05. The molecule has 7 nitrogen and oxygen atoms in total. The number of likely N-dealkylation sites (tertiary alicyclic amines) is 2. The van der Waals surface area contributed by atoms with Gasteiger partial charge in [0, 0.05) is 20.2 Å². The lowest BCUT2D eigenvalue weighted by Crippen LogP contribution is -2.66. The third kappa shape index (κ3) is 3.77. The van der Waals surface area contributed by atoms with E-state index in [9.17, 15) is 14.7 Å². The lowest BCUT2D eigenvalue weighted by atomic mass is 9.79. The number of carboxylic acid groups (broad SMARTS) is 1. The van der Waals surface area contributed by atoms with Crippen LogP contribution < -0.4 is 0 Å². The Bertz CT molecular complexity index is 472. The van der Waals surface area contributed by atoms with E-state index in [4.69, 9.17) is 9.47 Å². The predicted octanol–water partition coefficient (Wildman–Crippen LogP) is 2.94. The maximum atomic E-state index is 12.6. The van der Waals surface area contributed by atoms with Gasteiger partial charge in [-0.05, 0) is 52.9 Å². The van der Waals surface area contributed by atoms with Crippen LogP contribution in [0.1, 0.15) is 52.9 Å². The summed E-state index contributed by atoms with van der Waals surface area (Å²) in [7, 11) is 1.59. The summed E-state index contributed by atoms with van der Waals surface area (Å²) >= 11 is 0. The molecule has 2 saturated heterocycles. The second kappa shape index (κ2) is 7.17. The van der Waals surface area contributed by atoms with Crippen LogP contribution in [0.2, 0.25) is 0 Å². The molecular weight excluding hydrogens is 312 g/mol. The molecule has 0 saturated carbocycles. The van der Waals surface area contributed by atoms with Crippen molar-refractivity contribution >= 4 is 12.2 Å². The number of amides is 2. The highest BCUT2D eigenvalue weighted by Gasteiger charge is 2.53. The average molecular weight is 342 g/mol. The van der Waals surface area contributed by atoms with E-state index in [2.05, 4.69) is 0 Å². The number of ether oxygens (including phenoxy) is 2. The Labute approximate surface area is 143 Å². The predicted molar refractivity (Wildman–Crippen MR) is 89.2 cm³/mol. The molecule has 2 aliphatic heterocycles. The zero-order valence-electron chi connectivity index (χ0n) is 15.2. The first-order valence-corrected chi connectivity index (χ1v) is 8.70. The summed E-state index contributed by atoms with van der Waals surface area (Å²) in [4.78, 5) is 27.7. The normalized spacial score (nSPS) is 28.1. The average Bonchev–Trinajstić information content (AvgIpc) is 2.96. The summed E-state index contributed by atoms with van der Waals surface area (Å²) in [6.45, 7) is 6.89. The summed E-state index contributed by atoms with van der Waals surface area (Å²) in [6.07, 6.45) is 2.80. The minimum absolute atomic E-state index is 0.205. The fourth-order valence-corrected chi connectivity index (χ4v) is 4.05. The molecule has 2 amide bonds. The van der Waals surface area contributed by atoms with Crippen LogP contribution in [0.25, 0.3) is 0 Å². The highest BCUT2D eigenvalue weighted by Crippen LogP contribution is 2.39. The lowest BCUT2D eigenvalue weighted by Gasteiger charge is -2.51. The van der Waals surface area contributed by atoms with Crippen molar-refractivity contribution in [3.05, 3.63) is 0 Å². The number of rotatable bonds is 3. The van der Waals surface area contributed by atoms with E-state index in [1.807, 2.05) is 20.8 Å². The minimum atomic E-state index is -0.942. The molecule has 0 aromatic carbocycles. The molecule has 2 heterocycles. The van der Waals surface area contributed by atoms with Crippen molar-refractivity contribution in [1.29, 1.82) is 0 Å². The van der Waals surface area contributed by atoms with E-state index in [1.165, 1.54) is 4.90 Å². The van der Waals surface area contributed by atoms with Crippen LogP contribution in [0.15, 0.2) is 0 Å². The van der Waals surface area contributed by atoms with Gasteiger partial charge in [-0.3, -0.25) is 4.90 Å². The smallest absolute Gasteiger partial charge is 0.410 e. The molecule has 2 atom stereocenters. The maximum absolute atomic E-state index is 12.6. The zero-order valence-corrected chi connectivity index (χ0v) is 15.2. The molecule has 138 valence electrons. The highest BCUT2D eigenvalue weighted by atomic mass is 16.6. The number of hydrogen-bond donors (Lipinski definition) is 1. The van der Waals surface area contributed by atoms with Gasteiger partial charge in [0.1, 0.15) is 5.60 Å². The van der Waals surface area contributed by atoms with Crippen molar-refractivity contribution in [2.75, 3.05) is 26.8 Å². The Balaban J connectivity index is 2.31. The van der Waals surface area contributed by atoms with Crippen LogP contribution in [-0.2, 0) is 9.47 Å². The first-order chi connectivity index (χ1) is 11.2. The van der Waals surface area contributed by atoms with Crippen LogP contribution in [0.5, 0.6) is 0 Å². The summed E-state index contributed by atoms with van der Waals surface area (Å²) < 4.78 is 11.0. The Hall–Kier alpha value is -1.50. The molecule has 0 spiro atoms. The molecule has 7 heteroatoms. The number of carbonyl (C=O) groups excluding carboxylic acids is 1. The molecule has 0 aromatic rings. The van der Waals surface area contributed by atoms with Crippen LogP contribution in [0.4, 0.5) is 9.59 Å². The van der Waals surface area contributed by atoms with Gasteiger partial charge in [-0.25, -0.2) is 9.59 Å². The number of hydrogen-bond acceptors (Lipinski definition) is 4. The largest absolute Gasteiger partial charge is 0.465 e. The topological polar surface area (TPSA) is 79.3 Å². The third-order valence-corrected chi connectivity index (χ3v) is 4.91. The Morgan fingerprint density at radius 2 is 1.92 bits per heavy atom.